The van der Waals surface area contributed by atoms with Gasteiger partial charge in [-0.25, -0.2) is 9.98 Å². The van der Waals surface area contributed by atoms with E-state index in [0.29, 0.717) is 25.4 Å². The van der Waals surface area contributed by atoms with Gasteiger partial charge in [-0.1, -0.05) is 19.0 Å². The maximum absolute atomic E-state index is 5.25. The summed E-state index contributed by atoms with van der Waals surface area (Å²) in [4.78, 5) is 14.6. The van der Waals surface area contributed by atoms with E-state index >= 15 is 0 Å². The molecule has 0 radical (unpaired) electrons. The van der Waals surface area contributed by atoms with Crippen LogP contribution >= 0.6 is 35.3 Å². The molecule has 0 amide bonds. The molecule has 7 nitrogen and oxygen atoms in total. The summed E-state index contributed by atoms with van der Waals surface area (Å²) < 4.78 is 5.25. The average Bonchev–Trinajstić information content (AvgIpc) is 3.11. The highest BCUT2D eigenvalue weighted by molar-refractivity contribution is 14.0. The highest BCUT2D eigenvalue weighted by Gasteiger charge is 2.09. The molecule has 2 rings (SSSR count). The van der Waals surface area contributed by atoms with Crippen molar-refractivity contribution in [2.45, 2.75) is 53.5 Å². The first-order valence-electron chi connectivity index (χ1n) is 8.27. The van der Waals surface area contributed by atoms with Crippen molar-refractivity contribution in [3.05, 3.63) is 27.3 Å². The van der Waals surface area contributed by atoms with Crippen LogP contribution in [0.3, 0.4) is 0 Å². The molecule has 0 spiro atoms. The molecule has 0 saturated heterocycles. The van der Waals surface area contributed by atoms with Crippen LogP contribution in [-0.2, 0) is 13.0 Å². The molecule has 2 N–H and O–H groups in total. The van der Waals surface area contributed by atoms with Crippen LogP contribution in [0, 0.1) is 13.8 Å². The summed E-state index contributed by atoms with van der Waals surface area (Å²) in [5, 5.41) is 11.6. The molecule has 2 aromatic heterocycles. The van der Waals surface area contributed by atoms with Crippen molar-refractivity contribution in [1.82, 2.24) is 25.8 Å². The van der Waals surface area contributed by atoms with E-state index in [4.69, 9.17) is 4.52 Å². The second-order valence-electron chi connectivity index (χ2n) is 5.81. The summed E-state index contributed by atoms with van der Waals surface area (Å²) in [7, 11) is 0. The maximum atomic E-state index is 5.25. The van der Waals surface area contributed by atoms with Crippen molar-refractivity contribution in [1.29, 1.82) is 0 Å². The Morgan fingerprint density at radius 2 is 2.00 bits per heavy atom. The lowest BCUT2D eigenvalue weighted by molar-refractivity contribution is 0.371. The number of thiazole rings is 1. The van der Waals surface area contributed by atoms with Crippen molar-refractivity contribution in [2.75, 3.05) is 13.1 Å². The molecule has 0 saturated carbocycles. The minimum atomic E-state index is 0. The zero-order chi connectivity index (χ0) is 17.5. The highest BCUT2D eigenvalue weighted by Crippen LogP contribution is 2.17. The third-order valence-corrected chi connectivity index (χ3v) is 4.41. The van der Waals surface area contributed by atoms with Crippen molar-refractivity contribution < 1.29 is 4.52 Å². The molecule has 2 aromatic rings. The number of nitrogens with zero attached hydrogens (tertiary/aromatic N) is 4. The van der Waals surface area contributed by atoms with Crippen LogP contribution < -0.4 is 10.6 Å². The number of hydrogen-bond acceptors (Lipinski definition) is 6. The Kier molecular flexibility index (Phi) is 9.33. The summed E-state index contributed by atoms with van der Waals surface area (Å²) >= 11 is 1.69. The molecule has 0 aliphatic rings. The second-order valence-corrected chi connectivity index (χ2v) is 7.10. The van der Waals surface area contributed by atoms with Gasteiger partial charge in [0.05, 0.1) is 17.2 Å². The summed E-state index contributed by atoms with van der Waals surface area (Å²) in [5.74, 6) is 2.46. The van der Waals surface area contributed by atoms with Crippen LogP contribution in [0.2, 0.25) is 0 Å². The van der Waals surface area contributed by atoms with Gasteiger partial charge in [-0.15, -0.1) is 35.3 Å². The Labute approximate surface area is 170 Å². The summed E-state index contributed by atoms with van der Waals surface area (Å²) in [6, 6.07) is 0. The van der Waals surface area contributed by atoms with E-state index in [0.717, 1.165) is 29.0 Å². The number of halogens is 1. The third-order valence-electron chi connectivity index (χ3n) is 3.36. The lowest BCUT2D eigenvalue weighted by atomic mass is 10.2. The Hall–Kier alpha value is -1.23. The maximum Gasteiger partial charge on any atom is 0.228 e. The molecule has 0 aliphatic carbocycles. The lowest BCUT2D eigenvalue weighted by Gasteiger charge is -2.10. The molecular formula is C16H27IN6OS. The van der Waals surface area contributed by atoms with Crippen molar-refractivity contribution >= 4 is 41.3 Å². The second kappa shape index (κ2) is 10.7. The van der Waals surface area contributed by atoms with E-state index in [2.05, 4.69) is 30.8 Å². The largest absolute Gasteiger partial charge is 0.357 e. The van der Waals surface area contributed by atoms with Gasteiger partial charge in [-0.05, 0) is 20.8 Å². The van der Waals surface area contributed by atoms with Crippen molar-refractivity contribution in [2.24, 2.45) is 4.99 Å². The molecule has 0 aliphatic heterocycles. The molecule has 0 bridgehead atoms. The standard InChI is InChI=1S/C16H26N6OS.HI/c1-6-17-16(19-9-13-11(4)20-12(5)24-13)18-8-7-14-21-15(10(2)3)22-23-14;/h10H,6-9H2,1-5H3,(H2,17,18,19);1H. The zero-order valence-electron chi connectivity index (χ0n) is 15.4. The molecular weight excluding hydrogens is 451 g/mol. The van der Waals surface area contributed by atoms with E-state index in [1.54, 1.807) is 11.3 Å². The molecule has 0 aromatic carbocycles. The van der Waals surface area contributed by atoms with E-state index < -0.39 is 0 Å². The lowest BCUT2D eigenvalue weighted by Crippen LogP contribution is -2.38. The Bertz CT molecular complexity index is 682. The van der Waals surface area contributed by atoms with Crippen LogP contribution in [0.15, 0.2) is 9.52 Å². The Balaban J connectivity index is 0.00000312. The van der Waals surface area contributed by atoms with E-state index in [1.165, 1.54) is 4.88 Å². The number of nitrogens with one attached hydrogen (secondary N) is 2. The number of hydrogen-bond donors (Lipinski definition) is 2. The van der Waals surface area contributed by atoms with Gasteiger partial charge in [0.2, 0.25) is 5.89 Å². The van der Waals surface area contributed by atoms with Crippen LogP contribution in [-0.4, -0.2) is 34.2 Å². The number of aromatic nitrogens is 3. The summed E-state index contributed by atoms with van der Waals surface area (Å²) in [5.41, 5.74) is 1.06. The van der Waals surface area contributed by atoms with E-state index in [9.17, 15) is 0 Å². The van der Waals surface area contributed by atoms with Crippen LogP contribution in [0.4, 0.5) is 0 Å². The van der Waals surface area contributed by atoms with Crippen LogP contribution in [0.1, 0.15) is 54.0 Å². The van der Waals surface area contributed by atoms with Crippen molar-refractivity contribution in [3.8, 4) is 0 Å². The van der Waals surface area contributed by atoms with Gasteiger partial charge in [-0.2, -0.15) is 4.98 Å². The van der Waals surface area contributed by atoms with Gasteiger partial charge in [0.25, 0.3) is 0 Å². The first-order valence-corrected chi connectivity index (χ1v) is 9.08. The van der Waals surface area contributed by atoms with Gasteiger partial charge in [0.15, 0.2) is 11.8 Å². The van der Waals surface area contributed by atoms with Gasteiger partial charge in [0.1, 0.15) is 0 Å². The quantitative estimate of drug-likeness (QED) is 0.361. The van der Waals surface area contributed by atoms with Crippen molar-refractivity contribution in [3.63, 3.8) is 0 Å². The number of guanidine groups is 1. The summed E-state index contributed by atoms with van der Waals surface area (Å²) in [6.45, 7) is 12.3. The van der Waals surface area contributed by atoms with Gasteiger partial charge in [0, 0.05) is 30.3 Å². The fourth-order valence-corrected chi connectivity index (χ4v) is 2.97. The topological polar surface area (TPSA) is 88.2 Å². The molecule has 0 unspecified atom stereocenters. The smallest absolute Gasteiger partial charge is 0.228 e. The first kappa shape index (κ1) is 21.8. The molecule has 140 valence electrons. The molecule has 0 atom stereocenters. The monoisotopic (exact) mass is 478 g/mol. The Morgan fingerprint density at radius 3 is 2.56 bits per heavy atom. The fraction of sp³-hybridized carbons (Fsp3) is 0.625. The minimum Gasteiger partial charge on any atom is -0.357 e. The third kappa shape index (κ3) is 6.89. The van der Waals surface area contributed by atoms with Gasteiger partial charge >= 0.3 is 0 Å². The number of rotatable bonds is 7. The number of aryl methyl sites for hydroxylation is 2. The normalized spacial score (nSPS) is 11.5. The SMILES string of the molecule is CCNC(=NCc1sc(C)nc1C)NCCc1nc(C(C)C)no1.I. The minimum absolute atomic E-state index is 0. The highest BCUT2D eigenvalue weighted by atomic mass is 127. The molecule has 2 heterocycles. The van der Waals surface area contributed by atoms with Gasteiger partial charge in [-0.3, -0.25) is 0 Å². The molecule has 25 heavy (non-hydrogen) atoms. The molecule has 9 heteroatoms. The van der Waals surface area contributed by atoms with Gasteiger partial charge < -0.3 is 15.2 Å². The first-order chi connectivity index (χ1) is 11.5. The van der Waals surface area contributed by atoms with Crippen LogP contribution in [0.5, 0.6) is 0 Å². The average molecular weight is 478 g/mol. The predicted molar refractivity (Wildman–Crippen MR) is 112 cm³/mol. The predicted octanol–water partition coefficient (Wildman–Crippen LogP) is 3.18. The zero-order valence-corrected chi connectivity index (χ0v) is 18.6. The van der Waals surface area contributed by atoms with E-state index in [-0.39, 0.29) is 29.9 Å². The van der Waals surface area contributed by atoms with E-state index in [1.807, 2.05) is 34.6 Å². The Morgan fingerprint density at radius 1 is 1.24 bits per heavy atom. The number of aliphatic imine (C=N–C) groups is 1. The van der Waals surface area contributed by atoms with Crippen LogP contribution in [0.25, 0.3) is 0 Å². The fourth-order valence-electron chi connectivity index (χ4n) is 2.10. The summed E-state index contributed by atoms with van der Waals surface area (Å²) in [6.07, 6.45) is 0.669. The molecule has 0 fully saturated rings.